The van der Waals surface area contributed by atoms with Gasteiger partial charge in [0.25, 0.3) is 0 Å². The van der Waals surface area contributed by atoms with Crippen molar-refractivity contribution < 1.29 is 14.2 Å². The van der Waals surface area contributed by atoms with Gasteiger partial charge in [-0.15, -0.1) is 0 Å². The number of piperidine rings is 1. The third-order valence-electron chi connectivity index (χ3n) is 8.27. The number of rotatable bonds is 8. The van der Waals surface area contributed by atoms with Crippen LogP contribution in [0.1, 0.15) is 53.0 Å². The molecule has 1 aromatic heterocycles. The first-order chi connectivity index (χ1) is 19.9. The standard InChI is InChI=1S/C33H32Cl2FN3O2/c34-30-15-24(19-39-12-10-25(40)11-13-39)32(41-20-21-17-37-33(35)38-18-21)16-23(30)14-22-8-9-28-26(22)5-3-6-27(28)29-4-1-2-7-31(29)36/h1-7,15-18,22,25,40H,8-14,19-20H2/t22-/m1/s1. The molecule has 1 aliphatic heterocycles. The Morgan fingerprint density at radius 1 is 0.927 bits per heavy atom. The van der Waals surface area contributed by atoms with E-state index in [1.165, 1.54) is 17.2 Å². The molecule has 1 atom stereocenters. The minimum atomic E-state index is -0.231. The number of ether oxygens (including phenoxy) is 1. The molecule has 1 fully saturated rings. The quantitative estimate of drug-likeness (QED) is 0.216. The first-order valence-corrected chi connectivity index (χ1v) is 14.9. The molecule has 0 spiro atoms. The zero-order valence-corrected chi connectivity index (χ0v) is 24.2. The molecule has 1 N–H and O–H groups in total. The highest BCUT2D eigenvalue weighted by molar-refractivity contribution is 6.31. The highest BCUT2D eigenvalue weighted by Gasteiger charge is 2.27. The normalized spacial score (nSPS) is 17.5. The number of hydrogen-bond donors (Lipinski definition) is 1. The number of benzene rings is 3. The molecule has 1 saturated heterocycles. The summed E-state index contributed by atoms with van der Waals surface area (Å²) in [6.07, 6.45) is 7.28. The Bertz CT molecular complexity index is 1520. The van der Waals surface area contributed by atoms with Crippen LogP contribution < -0.4 is 4.74 Å². The monoisotopic (exact) mass is 591 g/mol. The average molecular weight is 593 g/mol. The lowest BCUT2D eigenvalue weighted by molar-refractivity contribution is 0.0787. The van der Waals surface area contributed by atoms with Gasteiger partial charge in [0.1, 0.15) is 18.2 Å². The highest BCUT2D eigenvalue weighted by atomic mass is 35.5. The Morgan fingerprint density at radius 2 is 1.68 bits per heavy atom. The van der Waals surface area contributed by atoms with E-state index >= 15 is 0 Å². The maximum atomic E-state index is 14.7. The molecule has 212 valence electrons. The summed E-state index contributed by atoms with van der Waals surface area (Å²) < 4.78 is 21.0. The van der Waals surface area contributed by atoms with Crippen LogP contribution in [0.5, 0.6) is 5.75 Å². The maximum absolute atomic E-state index is 14.7. The van der Waals surface area contributed by atoms with Gasteiger partial charge < -0.3 is 9.84 Å². The summed E-state index contributed by atoms with van der Waals surface area (Å²) in [4.78, 5) is 10.5. The molecule has 2 aliphatic rings. The van der Waals surface area contributed by atoms with Crippen LogP contribution in [0.3, 0.4) is 0 Å². The second-order valence-corrected chi connectivity index (χ2v) is 11.7. The predicted octanol–water partition coefficient (Wildman–Crippen LogP) is 7.40. The number of aliphatic hydroxyl groups excluding tert-OH is 1. The van der Waals surface area contributed by atoms with E-state index in [0.29, 0.717) is 18.7 Å². The van der Waals surface area contributed by atoms with Crippen LogP contribution in [0, 0.1) is 5.82 Å². The topological polar surface area (TPSA) is 58.5 Å². The summed E-state index contributed by atoms with van der Waals surface area (Å²) in [6.45, 7) is 2.65. The smallest absolute Gasteiger partial charge is 0.222 e. The van der Waals surface area contributed by atoms with Gasteiger partial charge in [0.05, 0.1) is 6.10 Å². The van der Waals surface area contributed by atoms with Crippen LogP contribution in [0.25, 0.3) is 11.1 Å². The molecule has 6 rings (SSSR count). The van der Waals surface area contributed by atoms with Crippen molar-refractivity contribution in [1.29, 1.82) is 0 Å². The Balaban J connectivity index is 1.27. The van der Waals surface area contributed by atoms with Crippen molar-refractivity contribution in [3.05, 3.63) is 111 Å². The third-order valence-corrected chi connectivity index (χ3v) is 8.82. The van der Waals surface area contributed by atoms with E-state index in [9.17, 15) is 9.50 Å². The molecule has 2 heterocycles. The summed E-state index contributed by atoms with van der Waals surface area (Å²) in [7, 11) is 0. The molecule has 41 heavy (non-hydrogen) atoms. The van der Waals surface area contributed by atoms with Crippen molar-refractivity contribution in [2.75, 3.05) is 13.1 Å². The summed E-state index contributed by atoms with van der Waals surface area (Å²) >= 11 is 12.8. The maximum Gasteiger partial charge on any atom is 0.222 e. The summed E-state index contributed by atoms with van der Waals surface area (Å²) in [5, 5.41) is 10.9. The van der Waals surface area contributed by atoms with Crippen LogP contribution in [-0.4, -0.2) is 39.2 Å². The number of nitrogens with zero attached hydrogens (tertiary/aromatic N) is 3. The number of likely N-dealkylation sites (tertiary alicyclic amines) is 1. The van der Waals surface area contributed by atoms with Crippen LogP contribution in [-0.2, 0) is 26.0 Å². The van der Waals surface area contributed by atoms with Crippen molar-refractivity contribution in [3.63, 3.8) is 0 Å². The van der Waals surface area contributed by atoms with Gasteiger partial charge in [-0.05, 0) is 90.1 Å². The van der Waals surface area contributed by atoms with Gasteiger partial charge >= 0.3 is 0 Å². The first kappa shape index (κ1) is 28.1. The van der Waals surface area contributed by atoms with Gasteiger partial charge in [-0.2, -0.15) is 0 Å². The van der Waals surface area contributed by atoms with E-state index in [0.717, 1.165) is 78.2 Å². The van der Waals surface area contributed by atoms with Crippen LogP contribution >= 0.6 is 23.2 Å². The largest absolute Gasteiger partial charge is 0.488 e. The third kappa shape index (κ3) is 6.41. The first-order valence-electron chi connectivity index (χ1n) is 14.1. The average Bonchev–Trinajstić information content (AvgIpc) is 3.39. The molecule has 0 radical (unpaired) electrons. The summed E-state index contributed by atoms with van der Waals surface area (Å²) in [5.74, 6) is 0.865. The van der Waals surface area contributed by atoms with E-state index in [2.05, 4.69) is 27.0 Å². The Kier molecular flexibility index (Phi) is 8.54. The van der Waals surface area contributed by atoms with Crippen molar-refractivity contribution in [2.24, 2.45) is 0 Å². The fraction of sp³-hybridized carbons (Fsp3) is 0.333. The summed E-state index contributed by atoms with van der Waals surface area (Å²) in [5.41, 5.74) is 6.98. The molecule has 3 aromatic carbocycles. The predicted molar refractivity (Wildman–Crippen MR) is 160 cm³/mol. The lowest BCUT2D eigenvalue weighted by Gasteiger charge is -2.30. The van der Waals surface area contributed by atoms with Crippen molar-refractivity contribution in [2.45, 2.75) is 57.3 Å². The Labute approximate surface area is 249 Å². The second kappa shape index (κ2) is 12.5. The number of halogens is 3. The van der Waals surface area contributed by atoms with Gasteiger partial charge in [-0.25, -0.2) is 14.4 Å². The molecule has 1 aliphatic carbocycles. The second-order valence-electron chi connectivity index (χ2n) is 11.0. The van der Waals surface area contributed by atoms with E-state index in [1.807, 2.05) is 30.3 Å². The van der Waals surface area contributed by atoms with Gasteiger partial charge in [0.2, 0.25) is 5.28 Å². The minimum Gasteiger partial charge on any atom is -0.488 e. The van der Waals surface area contributed by atoms with Crippen molar-refractivity contribution >= 4 is 23.2 Å². The molecule has 8 heteroatoms. The van der Waals surface area contributed by atoms with E-state index in [1.54, 1.807) is 18.5 Å². The molecule has 0 saturated carbocycles. The molecular weight excluding hydrogens is 560 g/mol. The van der Waals surface area contributed by atoms with Gasteiger partial charge in [-0.1, -0.05) is 48.0 Å². The number of aromatic nitrogens is 2. The van der Waals surface area contributed by atoms with E-state index < -0.39 is 0 Å². The van der Waals surface area contributed by atoms with Crippen LogP contribution in [0.4, 0.5) is 4.39 Å². The van der Waals surface area contributed by atoms with Gasteiger partial charge in [-0.3, -0.25) is 4.90 Å². The van der Waals surface area contributed by atoms with Gasteiger partial charge in [0, 0.05) is 53.7 Å². The molecular formula is C33H32Cl2FN3O2. The minimum absolute atomic E-state index is 0.195. The number of fused-ring (bicyclic) bond motifs is 1. The van der Waals surface area contributed by atoms with Crippen molar-refractivity contribution in [3.8, 4) is 16.9 Å². The Morgan fingerprint density at radius 3 is 2.46 bits per heavy atom. The van der Waals surface area contributed by atoms with Crippen LogP contribution in [0.15, 0.2) is 67.0 Å². The molecule has 4 aromatic rings. The van der Waals surface area contributed by atoms with E-state index in [4.69, 9.17) is 27.9 Å². The van der Waals surface area contributed by atoms with Crippen molar-refractivity contribution in [1.82, 2.24) is 14.9 Å². The van der Waals surface area contributed by atoms with Crippen LogP contribution in [0.2, 0.25) is 10.3 Å². The molecule has 0 unspecified atom stereocenters. The lowest BCUT2D eigenvalue weighted by atomic mass is 9.90. The molecule has 5 nitrogen and oxygen atoms in total. The zero-order valence-electron chi connectivity index (χ0n) is 22.7. The zero-order chi connectivity index (χ0) is 28.3. The van der Waals surface area contributed by atoms with Gasteiger partial charge in [0.15, 0.2) is 0 Å². The molecule has 0 amide bonds. The lowest BCUT2D eigenvalue weighted by Crippen LogP contribution is -2.35. The summed E-state index contributed by atoms with van der Waals surface area (Å²) in [6, 6.07) is 17.3. The fourth-order valence-electron chi connectivity index (χ4n) is 6.09. The number of aliphatic hydroxyl groups is 1. The SMILES string of the molecule is OC1CCN(Cc2cc(Cl)c(C[C@H]3CCc4c(-c5ccccc5F)cccc43)cc2OCc2cnc(Cl)nc2)CC1. The van der Waals surface area contributed by atoms with E-state index in [-0.39, 0.29) is 23.1 Å². The Hall–Kier alpha value is -3.03. The number of hydrogen-bond acceptors (Lipinski definition) is 5. The highest BCUT2D eigenvalue weighted by Crippen LogP contribution is 2.42. The fourth-order valence-corrected chi connectivity index (χ4v) is 6.45. The molecule has 0 bridgehead atoms.